The van der Waals surface area contributed by atoms with Gasteiger partial charge in [-0.15, -0.1) is 0 Å². The van der Waals surface area contributed by atoms with Crippen molar-refractivity contribution < 1.29 is 9.47 Å². The number of fused-ring (bicyclic) bond motifs is 2. The maximum atomic E-state index is 6.35. The molecule has 2 heterocycles. The Morgan fingerprint density at radius 1 is 1.11 bits per heavy atom. The predicted octanol–water partition coefficient (Wildman–Crippen LogP) is 4.17. The van der Waals surface area contributed by atoms with Crippen molar-refractivity contribution in [2.24, 2.45) is 0 Å². The van der Waals surface area contributed by atoms with Gasteiger partial charge in [0.2, 0.25) is 0 Å². The van der Waals surface area contributed by atoms with Gasteiger partial charge >= 0.3 is 0 Å². The highest BCUT2D eigenvalue weighted by Crippen LogP contribution is 2.37. The summed E-state index contributed by atoms with van der Waals surface area (Å²) in [6.07, 6.45) is 0.892. The second-order valence-electron chi connectivity index (χ2n) is 5.05. The highest BCUT2D eigenvalue weighted by molar-refractivity contribution is 6.35. The molecule has 19 heavy (non-hydrogen) atoms. The molecule has 100 valence electrons. The van der Waals surface area contributed by atoms with Crippen molar-refractivity contribution in [1.82, 2.24) is 4.98 Å². The topological polar surface area (TPSA) is 31.4 Å². The fourth-order valence-electron chi connectivity index (χ4n) is 2.16. The molecule has 0 amide bonds. The SMILES string of the molecule is CC(C)c1cc(Cl)c2cc3c(cc2n1)OCCCO3. The first-order chi connectivity index (χ1) is 9.15. The third-order valence-corrected chi connectivity index (χ3v) is 3.55. The fourth-order valence-corrected chi connectivity index (χ4v) is 2.42. The van der Waals surface area contributed by atoms with Gasteiger partial charge in [0, 0.05) is 23.6 Å². The molecule has 0 bridgehead atoms. The molecule has 0 fully saturated rings. The molecule has 0 N–H and O–H groups in total. The Morgan fingerprint density at radius 3 is 2.47 bits per heavy atom. The van der Waals surface area contributed by atoms with E-state index in [1.807, 2.05) is 18.2 Å². The zero-order valence-corrected chi connectivity index (χ0v) is 11.8. The number of aromatic nitrogens is 1. The zero-order chi connectivity index (χ0) is 13.4. The molecule has 3 nitrogen and oxygen atoms in total. The number of nitrogens with zero attached hydrogens (tertiary/aromatic N) is 1. The second kappa shape index (κ2) is 4.89. The van der Waals surface area contributed by atoms with Gasteiger partial charge < -0.3 is 9.47 Å². The molecule has 1 aromatic carbocycles. The molecule has 0 saturated carbocycles. The molecule has 2 aromatic rings. The van der Waals surface area contributed by atoms with Crippen molar-refractivity contribution in [1.29, 1.82) is 0 Å². The van der Waals surface area contributed by atoms with Crippen LogP contribution >= 0.6 is 11.6 Å². The summed E-state index contributed by atoms with van der Waals surface area (Å²) in [6.45, 7) is 5.56. The summed E-state index contributed by atoms with van der Waals surface area (Å²) < 4.78 is 11.4. The van der Waals surface area contributed by atoms with Gasteiger partial charge in [0.05, 0.1) is 23.8 Å². The molecule has 0 atom stereocenters. The molecule has 0 radical (unpaired) electrons. The Balaban J connectivity index is 2.20. The highest BCUT2D eigenvalue weighted by Gasteiger charge is 2.15. The molecule has 1 aliphatic heterocycles. The normalized spacial score (nSPS) is 14.7. The van der Waals surface area contributed by atoms with Crippen LogP contribution in [0.2, 0.25) is 5.02 Å². The minimum atomic E-state index is 0.345. The van der Waals surface area contributed by atoms with E-state index in [9.17, 15) is 0 Å². The van der Waals surface area contributed by atoms with Crippen LogP contribution in [0.5, 0.6) is 11.5 Å². The van der Waals surface area contributed by atoms with E-state index in [1.165, 1.54) is 0 Å². The van der Waals surface area contributed by atoms with Crippen LogP contribution in [0, 0.1) is 0 Å². The van der Waals surface area contributed by atoms with Crippen LogP contribution in [0.4, 0.5) is 0 Å². The molecular weight excluding hydrogens is 262 g/mol. The van der Waals surface area contributed by atoms with E-state index in [1.54, 1.807) is 0 Å². The predicted molar refractivity (Wildman–Crippen MR) is 76.4 cm³/mol. The second-order valence-corrected chi connectivity index (χ2v) is 5.46. The summed E-state index contributed by atoms with van der Waals surface area (Å²) in [5.74, 6) is 1.86. The average Bonchev–Trinajstić information content (AvgIpc) is 2.61. The molecule has 1 aliphatic rings. The quantitative estimate of drug-likeness (QED) is 0.784. The van der Waals surface area contributed by atoms with Crippen molar-refractivity contribution in [2.75, 3.05) is 13.2 Å². The van der Waals surface area contributed by atoms with E-state index in [0.29, 0.717) is 24.2 Å². The van der Waals surface area contributed by atoms with Crippen molar-refractivity contribution >= 4 is 22.5 Å². The number of halogens is 1. The third-order valence-electron chi connectivity index (χ3n) is 3.24. The van der Waals surface area contributed by atoms with Crippen LogP contribution in [0.1, 0.15) is 31.9 Å². The molecule has 4 heteroatoms. The van der Waals surface area contributed by atoms with Gasteiger partial charge in [-0.05, 0) is 18.1 Å². The van der Waals surface area contributed by atoms with Gasteiger partial charge in [-0.25, -0.2) is 0 Å². The first-order valence-corrected chi connectivity index (χ1v) is 6.93. The van der Waals surface area contributed by atoms with Crippen molar-refractivity contribution in [3.63, 3.8) is 0 Å². The lowest BCUT2D eigenvalue weighted by molar-refractivity contribution is 0.297. The number of rotatable bonds is 1. The van der Waals surface area contributed by atoms with Crippen LogP contribution in [-0.2, 0) is 0 Å². The lowest BCUT2D eigenvalue weighted by Gasteiger charge is -2.12. The standard InChI is InChI=1S/C15H16ClNO2/c1-9(2)12-7-11(16)10-6-14-15(8-13(10)17-12)19-5-3-4-18-14/h6-9H,3-5H2,1-2H3. The Labute approximate surface area is 117 Å². The first kappa shape index (κ1) is 12.5. The number of ether oxygens (including phenoxy) is 2. The molecule has 0 aliphatic carbocycles. The highest BCUT2D eigenvalue weighted by atomic mass is 35.5. The van der Waals surface area contributed by atoms with E-state index < -0.39 is 0 Å². The smallest absolute Gasteiger partial charge is 0.163 e. The largest absolute Gasteiger partial charge is 0.490 e. The third kappa shape index (κ3) is 2.35. The summed E-state index contributed by atoms with van der Waals surface area (Å²) in [5, 5.41) is 1.62. The van der Waals surface area contributed by atoms with E-state index >= 15 is 0 Å². The molecular formula is C15H16ClNO2. The molecule has 0 saturated heterocycles. The van der Waals surface area contributed by atoms with Crippen LogP contribution in [0.25, 0.3) is 10.9 Å². The Kier molecular flexibility index (Phi) is 3.23. The number of hydrogen-bond donors (Lipinski definition) is 0. The first-order valence-electron chi connectivity index (χ1n) is 6.55. The van der Waals surface area contributed by atoms with E-state index in [-0.39, 0.29) is 0 Å². The van der Waals surface area contributed by atoms with Crippen LogP contribution in [0.3, 0.4) is 0 Å². The monoisotopic (exact) mass is 277 g/mol. The van der Waals surface area contributed by atoms with Gasteiger partial charge in [-0.3, -0.25) is 4.98 Å². The van der Waals surface area contributed by atoms with Crippen molar-refractivity contribution in [3.05, 3.63) is 28.9 Å². The average molecular weight is 278 g/mol. The number of hydrogen-bond acceptors (Lipinski definition) is 3. The Morgan fingerprint density at radius 2 is 1.79 bits per heavy atom. The Hall–Kier alpha value is -1.48. The van der Waals surface area contributed by atoms with Crippen molar-refractivity contribution in [2.45, 2.75) is 26.2 Å². The summed E-state index contributed by atoms with van der Waals surface area (Å²) in [6, 6.07) is 5.78. The van der Waals surface area contributed by atoms with Crippen LogP contribution in [-0.4, -0.2) is 18.2 Å². The van der Waals surface area contributed by atoms with Gasteiger partial charge in [0.1, 0.15) is 0 Å². The molecule has 0 spiro atoms. The lowest BCUT2D eigenvalue weighted by Crippen LogP contribution is -1.97. The summed E-state index contributed by atoms with van der Waals surface area (Å²) in [4.78, 5) is 4.65. The Bertz CT molecular complexity index is 625. The van der Waals surface area contributed by atoms with Gasteiger partial charge in [0.15, 0.2) is 11.5 Å². The molecule has 1 aromatic heterocycles. The number of pyridine rings is 1. The maximum Gasteiger partial charge on any atom is 0.163 e. The van der Waals surface area contributed by atoms with Gasteiger partial charge in [-0.1, -0.05) is 25.4 Å². The van der Waals surface area contributed by atoms with Crippen molar-refractivity contribution in [3.8, 4) is 11.5 Å². The minimum Gasteiger partial charge on any atom is -0.490 e. The van der Waals surface area contributed by atoms with E-state index in [4.69, 9.17) is 21.1 Å². The molecule has 0 unspecified atom stereocenters. The van der Waals surface area contributed by atoms with Crippen LogP contribution in [0.15, 0.2) is 18.2 Å². The van der Waals surface area contributed by atoms with Gasteiger partial charge in [-0.2, -0.15) is 0 Å². The van der Waals surface area contributed by atoms with Crippen LogP contribution < -0.4 is 9.47 Å². The van der Waals surface area contributed by atoms with E-state index in [0.717, 1.165) is 34.5 Å². The maximum absolute atomic E-state index is 6.35. The zero-order valence-electron chi connectivity index (χ0n) is 11.1. The summed E-state index contributed by atoms with van der Waals surface area (Å²) in [7, 11) is 0. The molecule has 3 rings (SSSR count). The number of benzene rings is 1. The minimum absolute atomic E-state index is 0.345. The summed E-state index contributed by atoms with van der Waals surface area (Å²) >= 11 is 6.35. The lowest BCUT2D eigenvalue weighted by atomic mass is 10.1. The fraction of sp³-hybridized carbons (Fsp3) is 0.400. The van der Waals surface area contributed by atoms with Gasteiger partial charge in [0.25, 0.3) is 0 Å². The van der Waals surface area contributed by atoms with E-state index in [2.05, 4.69) is 18.8 Å². The summed E-state index contributed by atoms with van der Waals surface area (Å²) in [5.41, 5.74) is 1.85.